The number of rotatable bonds is 6. The van der Waals surface area contributed by atoms with Crippen molar-refractivity contribution in [3.8, 4) is 5.75 Å². The monoisotopic (exact) mass is 426 g/mol. The highest BCUT2D eigenvalue weighted by Gasteiger charge is 2.17. The van der Waals surface area contributed by atoms with E-state index in [4.69, 9.17) is 9.15 Å². The number of hydrogen-bond acceptors (Lipinski definition) is 6. The Bertz CT molecular complexity index is 712. The summed E-state index contributed by atoms with van der Waals surface area (Å²) in [6, 6.07) is 11.4. The Morgan fingerprint density at radius 1 is 1.29 bits per heavy atom. The van der Waals surface area contributed by atoms with Gasteiger partial charge in [-0.2, -0.15) is 5.10 Å². The van der Waals surface area contributed by atoms with Crippen LogP contribution in [0.2, 0.25) is 0 Å². The second kappa shape index (κ2) is 8.64. The fourth-order valence-electron chi connectivity index (χ4n) is 2.02. The molecule has 1 amide bonds. The number of hydrazone groups is 1. The molecule has 5 nitrogen and oxygen atoms in total. The van der Waals surface area contributed by atoms with Crippen molar-refractivity contribution in [1.29, 1.82) is 0 Å². The first kappa shape index (κ1) is 17.4. The molecular formula is C16H15BrN2O3S2. The van der Waals surface area contributed by atoms with Gasteiger partial charge in [0.25, 0.3) is 5.91 Å². The summed E-state index contributed by atoms with van der Waals surface area (Å²) in [5, 5.41) is 3.81. The number of nitrogens with zero attached hydrogens (tertiary/aromatic N) is 1. The third kappa shape index (κ3) is 5.06. The SMILES string of the molecule is O=C(COc1ccc(C2SCCS2)cc1)N/N=C\c1ccc(Br)o1. The first-order chi connectivity index (χ1) is 11.7. The summed E-state index contributed by atoms with van der Waals surface area (Å²) < 4.78 is 11.8. The predicted molar refractivity (Wildman–Crippen MR) is 102 cm³/mol. The fraction of sp³-hybridized carbons (Fsp3) is 0.250. The number of halogens is 1. The summed E-state index contributed by atoms with van der Waals surface area (Å²) >= 11 is 7.11. The topological polar surface area (TPSA) is 63.8 Å². The van der Waals surface area contributed by atoms with Gasteiger partial charge in [0.1, 0.15) is 11.5 Å². The normalized spacial score (nSPS) is 15.0. The van der Waals surface area contributed by atoms with Gasteiger partial charge in [-0.05, 0) is 45.8 Å². The molecule has 0 radical (unpaired) electrons. The highest BCUT2D eigenvalue weighted by Crippen LogP contribution is 2.45. The van der Waals surface area contributed by atoms with Crippen molar-refractivity contribution >= 4 is 51.6 Å². The van der Waals surface area contributed by atoms with E-state index in [0.29, 0.717) is 20.8 Å². The quantitative estimate of drug-likeness (QED) is 0.557. The molecule has 0 atom stereocenters. The minimum Gasteiger partial charge on any atom is -0.484 e. The summed E-state index contributed by atoms with van der Waals surface area (Å²) in [4.78, 5) is 11.7. The average molecular weight is 427 g/mol. The van der Waals surface area contributed by atoms with E-state index in [-0.39, 0.29) is 12.5 Å². The van der Waals surface area contributed by atoms with Gasteiger partial charge in [-0.15, -0.1) is 23.5 Å². The number of carbonyl (C=O) groups excluding carboxylic acids is 1. The Kier molecular flexibility index (Phi) is 6.28. The summed E-state index contributed by atoms with van der Waals surface area (Å²) in [6.07, 6.45) is 1.42. The van der Waals surface area contributed by atoms with E-state index in [2.05, 4.69) is 38.6 Å². The lowest BCUT2D eigenvalue weighted by Gasteiger charge is -2.09. The summed E-state index contributed by atoms with van der Waals surface area (Å²) in [7, 11) is 0. The maximum absolute atomic E-state index is 11.7. The van der Waals surface area contributed by atoms with Crippen LogP contribution in [0.5, 0.6) is 5.75 Å². The van der Waals surface area contributed by atoms with Crippen molar-refractivity contribution in [2.45, 2.75) is 4.58 Å². The Hall–Kier alpha value is -1.38. The number of ether oxygens (including phenoxy) is 1. The molecule has 24 heavy (non-hydrogen) atoms. The zero-order valence-electron chi connectivity index (χ0n) is 12.6. The van der Waals surface area contributed by atoms with E-state index >= 15 is 0 Å². The van der Waals surface area contributed by atoms with Crippen molar-refractivity contribution in [2.75, 3.05) is 18.1 Å². The number of nitrogens with one attached hydrogen (secondary N) is 1. The fourth-order valence-corrected chi connectivity index (χ4v) is 5.20. The first-order valence-electron chi connectivity index (χ1n) is 7.24. The van der Waals surface area contributed by atoms with Crippen LogP contribution in [0.15, 0.2) is 50.6 Å². The molecule has 1 saturated heterocycles. The van der Waals surface area contributed by atoms with Crippen LogP contribution in [0.3, 0.4) is 0 Å². The van der Waals surface area contributed by atoms with Gasteiger partial charge >= 0.3 is 0 Å². The summed E-state index contributed by atoms with van der Waals surface area (Å²) in [5.41, 5.74) is 3.68. The van der Waals surface area contributed by atoms with E-state index in [1.807, 2.05) is 35.7 Å². The molecule has 0 aliphatic carbocycles. The van der Waals surface area contributed by atoms with Gasteiger partial charge in [0, 0.05) is 11.5 Å². The number of thioether (sulfide) groups is 2. The van der Waals surface area contributed by atoms with E-state index < -0.39 is 0 Å². The van der Waals surface area contributed by atoms with E-state index in [1.165, 1.54) is 23.3 Å². The third-order valence-electron chi connectivity index (χ3n) is 3.12. The molecule has 126 valence electrons. The van der Waals surface area contributed by atoms with Crippen LogP contribution in [-0.2, 0) is 4.79 Å². The van der Waals surface area contributed by atoms with Gasteiger partial charge in [0.2, 0.25) is 0 Å². The molecule has 0 saturated carbocycles. The first-order valence-corrected chi connectivity index (χ1v) is 10.1. The van der Waals surface area contributed by atoms with Crippen LogP contribution in [0.1, 0.15) is 15.9 Å². The van der Waals surface area contributed by atoms with Gasteiger partial charge in [-0.3, -0.25) is 4.79 Å². The minimum atomic E-state index is -0.331. The maximum Gasteiger partial charge on any atom is 0.277 e. The largest absolute Gasteiger partial charge is 0.484 e. The zero-order valence-corrected chi connectivity index (χ0v) is 15.8. The molecule has 2 heterocycles. The van der Waals surface area contributed by atoms with Crippen molar-refractivity contribution in [1.82, 2.24) is 5.43 Å². The number of furan rings is 1. The number of carbonyl (C=O) groups is 1. The van der Waals surface area contributed by atoms with Gasteiger partial charge in [-0.1, -0.05) is 12.1 Å². The molecule has 1 aliphatic rings. The lowest BCUT2D eigenvalue weighted by Crippen LogP contribution is -2.24. The summed E-state index contributed by atoms with van der Waals surface area (Å²) in [5.74, 6) is 3.27. The Morgan fingerprint density at radius 3 is 2.71 bits per heavy atom. The van der Waals surface area contributed by atoms with Gasteiger partial charge in [0.05, 0.1) is 10.8 Å². The molecule has 2 aromatic rings. The Balaban J connectivity index is 1.43. The molecule has 1 N–H and O–H groups in total. The van der Waals surface area contributed by atoms with E-state index in [0.717, 1.165) is 0 Å². The lowest BCUT2D eigenvalue weighted by atomic mass is 10.2. The number of hydrogen-bond donors (Lipinski definition) is 1. The lowest BCUT2D eigenvalue weighted by molar-refractivity contribution is -0.123. The van der Waals surface area contributed by atoms with Crippen molar-refractivity contribution in [2.24, 2.45) is 5.10 Å². The van der Waals surface area contributed by atoms with Crippen LogP contribution in [-0.4, -0.2) is 30.2 Å². The van der Waals surface area contributed by atoms with Crippen LogP contribution in [0, 0.1) is 0 Å². The molecule has 0 unspecified atom stereocenters. The molecule has 8 heteroatoms. The second-order valence-electron chi connectivity index (χ2n) is 4.87. The standard InChI is InChI=1S/C16H15BrN2O3S2/c17-14-6-5-13(22-14)9-18-19-15(20)10-21-12-3-1-11(2-4-12)16-23-7-8-24-16/h1-6,9,16H,7-8,10H2,(H,19,20)/b18-9-. The average Bonchev–Trinajstić information content (AvgIpc) is 3.25. The Labute approximate surface area is 156 Å². The van der Waals surface area contributed by atoms with Gasteiger partial charge in [-0.25, -0.2) is 5.43 Å². The van der Waals surface area contributed by atoms with Gasteiger partial charge in [0.15, 0.2) is 11.3 Å². The maximum atomic E-state index is 11.7. The molecule has 1 aromatic heterocycles. The predicted octanol–water partition coefficient (Wildman–Crippen LogP) is 4.05. The molecular weight excluding hydrogens is 412 g/mol. The summed E-state index contributed by atoms with van der Waals surface area (Å²) in [6.45, 7) is -0.0918. The number of amides is 1. The molecule has 0 spiro atoms. The van der Waals surface area contributed by atoms with E-state index in [1.54, 1.807) is 12.1 Å². The zero-order chi connectivity index (χ0) is 16.8. The van der Waals surface area contributed by atoms with Crippen molar-refractivity contribution < 1.29 is 13.9 Å². The number of benzene rings is 1. The smallest absolute Gasteiger partial charge is 0.277 e. The molecule has 3 rings (SSSR count). The van der Waals surface area contributed by atoms with Crippen LogP contribution in [0.4, 0.5) is 0 Å². The van der Waals surface area contributed by atoms with Gasteiger partial charge < -0.3 is 9.15 Å². The highest BCUT2D eigenvalue weighted by molar-refractivity contribution is 9.10. The molecule has 1 aliphatic heterocycles. The van der Waals surface area contributed by atoms with Crippen LogP contribution >= 0.6 is 39.5 Å². The Morgan fingerprint density at radius 2 is 2.04 bits per heavy atom. The minimum absolute atomic E-state index is 0.0918. The molecule has 1 fully saturated rings. The van der Waals surface area contributed by atoms with E-state index in [9.17, 15) is 4.79 Å². The van der Waals surface area contributed by atoms with Crippen LogP contribution in [0.25, 0.3) is 0 Å². The third-order valence-corrected chi connectivity index (χ3v) is 6.65. The molecule has 1 aromatic carbocycles. The second-order valence-corrected chi connectivity index (χ2v) is 8.37. The van der Waals surface area contributed by atoms with Crippen molar-refractivity contribution in [3.63, 3.8) is 0 Å². The molecule has 0 bridgehead atoms. The van der Waals surface area contributed by atoms with Crippen LogP contribution < -0.4 is 10.2 Å². The van der Waals surface area contributed by atoms with Crippen molar-refractivity contribution in [3.05, 3.63) is 52.4 Å². The highest BCUT2D eigenvalue weighted by atomic mass is 79.9.